The van der Waals surface area contributed by atoms with E-state index >= 15 is 0 Å². The highest BCUT2D eigenvalue weighted by molar-refractivity contribution is 7.88. The van der Waals surface area contributed by atoms with Crippen LogP contribution in [-0.4, -0.2) is 37.5 Å². The molecule has 0 saturated carbocycles. The summed E-state index contributed by atoms with van der Waals surface area (Å²) in [5.74, 6) is -0.196. The van der Waals surface area contributed by atoms with Gasteiger partial charge in [-0.15, -0.1) is 0 Å². The molecule has 1 amide bonds. The number of carbonyl (C=O) groups is 1. The van der Waals surface area contributed by atoms with E-state index in [0.29, 0.717) is 0 Å². The average Bonchev–Trinajstić information content (AvgIpc) is 2.90. The van der Waals surface area contributed by atoms with Gasteiger partial charge in [0.05, 0.1) is 12.8 Å². The molecule has 25 heavy (non-hydrogen) atoms. The van der Waals surface area contributed by atoms with Crippen LogP contribution in [0.3, 0.4) is 0 Å². The number of para-hydroxylation sites is 1. The van der Waals surface area contributed by atoms with Crippen LogP contribution in [0.5, 0.6) is 0 Å². The van der Waals surface area contributed by atoms with Crippen LogP contribution in [0.15, 0.2) is 54.6 Å². The molecule has 1 aliphatic heterocycles. The Morgan fingerprint density at radius 2 is 1.76 bits per heavy atom. The van der Waals surface area contributed by atoms with Gasteiger partial charge in [-0.05, 0) is 30.5 Å². The molecule has 3 rings (SSSR count). The largest absolute Gasteiger partial charge is 0.308 e. The van der Waals surface area contributed by atoms with E-state index < -0.39 is 10.0 Å². The quantitative estimate of drug-likeness (QED) is 0.825. The monoisotopic (exact) mass is 358 g/mol. The van der Waals surface area contributed by atoms with E-state index in [0.717, 1.165) is 29.5 Å². The molecule has 1 atom stereocenters. The lowest BCUT2D eigenvalue weighted by molar-refractivity contribution is -0.119. The molecule has 0 unspecified atom stereocenters. The Morgan fingerprint density at radius 1 is 1.12 bits per heavy atom. The third-order valence-electron chi connectivity index (χ3n) is 4.46. The Hall–Kier alpha value is -2.18. The number of anilines is 1. The Labute approximate surface area is 148 Å². The third kappa shape index (κ3) is 3.91. The molecular formula is C19H22N2O3S. The maximum absolute atomic E-state index is 12.9. The van der Waals surface area contributed by atoms with Crippen LogP contribution in [0.1, 0.15) is 18.1 Å². The van der Waals surface area contributed by atoms with Gasteiger partial charge >= 0.3 is 0 Å². The van der Waals surface area contributed by atoms with E-state index in [1.54, 1.807) is 4.90 Å². The summed E-state index contributed by atoms with van der Waals surface area (Å²) in [4.78, 5) is 14.6. The molecule has 0 saturated heterocycles. The first-order chi connectivity index (χ1) is 11.9. The molecule has 0 fully saturated rings. The smallest absolute Gasteiger partial charge is 0.242 e. The van der Waals surface area contributed by atoms with Gasteiger partial charge in [-0.2, -0.15) is 4.31 Å². The van der Waals surface area contributed by atoms with Gasteiger partial charge in [0.15, 0.2) is 0 Å². The van der Waals surface area contributed by atoms with E-state index in [4.69, 9.17) is 0 Å². The summed E-state index contributed by atoms with van der Waals surface area (Å²) in [6, 6.07) is 17.1. The molecule has 0 radical (unpaired) electrons. The van der Waals surface area contributed by atoms with Crippen LogP contribution < -0.4 is 4.90 Å². The van der Waals surface area contributed by atoms with Gasteiger partial charge in [0.25, 0.3) is 0 Å². The van der Waals surface area contributed by atoms with Crippen molar-refractivity contribution in [1.82, 2.24) is 4.31 Å². The first-order valence-corrected chi connectivity index (χ1v) is 10.1. The van der Waals surface area contributed by atoms with Gasteiger partial charge in [0, 0.05) is 18.3 Å². The summed E-state index contributed by atoms with van der Waals surface area (Å²) in [7, 11) is -3.50. The summed E-state index contributed by atoms with van der Waals surface area (Å²) in [6.45, 7) is 2.02. The van der Waals surface area contributed by atoms with Gasteiger partial charge < -0.3 is 4.90 Å². The zero-order valence-corrected chi connectivity index (χ0v) is 15.2. The first kappa shape index (κ1) is 17.6. The minimum Gasteiger partial charge on any atom is -0.308 e. The topological polar surface area (TPSA) is 57.7 Å². The first-order valence-electron chi connectivity index (χ1n) is 8.25. The van der Waals surface area contributed by atoms with E-state index in [9.17, 15) is 13.2 Å². The molecule has 132 valence electrons. The van der Waals surface area contributed by atoms with Crippen molar-refractivity contribution in [1.29, 1.82) is 0 Å². The molecule has 0 bridgehead atoms. The summed E-state index contributed by atoms with van der Waals surface area (Å²) < 4.78 is 25.6. The average molecular weight is 358 g/mol. The van der Waals surface area contributed by atoms with Crippen LogP contribution in [0.2, 0.25) is 0 Å². The summed E-state index contributed by atoms with van der Waals surface area (Å²) in [5, 5.41) is 0. The molecule has 0 aliphatic carbocycles. The minimum absolute atomic E-state index is 0.0306. The van der Waals surface area contributed by atoms with Crippen molar-refractivity contribution >= 4 is 21.6 Å². The second-order valence-corrected chi connectivity index (χ2v) is 8.44. The number of sulfonamides is 1. The van der Waals surface area contributed by atoms with E-state index in [2.05, 4.69) is 0 Å². The van der Waals surface area contributed by atoms with Gasteiger partial charge in [0.1, 0.15) is 0 Å². The number of amides is 1. The van der Waals surface area contributed by atoms with Gasteiger partial charge in [-0.3, -0.25) is 4.79 Å². The number of nitrogens with zero attached hydrogens (tertiary/aromatic N) is 2. The lowest BCUT2D eigenvalue weighted by Crippen LogP contribution is -2.44. The number of hydrogen-bond donors (Lipinski definition) is 0. The fourth-order valence-corrected chi connectivity index (χ4v) is 3.98. The molecule has 6 heteroatoms. The highest BCUT2D eigenvalue weighted by Crippen LogP contribution is 2.32. The lowest BCUT2D eigenvalue weighted by atomic mass is 10.1. The fraction of sp³-hybridized carbons (Fsp3) is 0.316. The fourth-order valence-electron chi connectivity index (χ4n) is 3.25. The van der Waals surface area contributed by atoms with Crippen molar-refractivity contribution in [3.63, 3.8) is 0 Å². The summed E-state index contributed by atoms with van der Waals surface area (Å²) >= 11 is 0. The van der Waals surface area contributed by atoms with Crippen molar-refractivity contribution in [2.45, 2.75) is 25.9 Å². The Balaban J connectivity index is 1.81. The maximum Gasteiger partial charge on any atom is 0.242 e. The van der Waals surface area contributed by atoms with E-state index in [1.165, 1.54) is 4.31 Å². The van der Waals surface area contributed by atoms with E-state index in [1.807, 2.05) is 61.5 Å². The Kier molecular flexibility index (Phi) is 4.92. The zero-order valence-electron chi connectivity index (χ0n) is 14.4. The molecule has 2 aromatic carbocycles. The molecule has 0 N–H and O–H groups in total. The highest BCUT2D eigenvalue weighted by Gasteiger charge is 2.32. The normalized spacial score (nSPS) is 16.9. The summed E-state index contributed by atoms with van der Waals surface area (Å²) in [6.07, 6.45) is 1.93. The van der Waals surface area contributed by atoms with Crippen LogP contribution >= 0.6 is 0 Å². The number of fused-ring (bicyclic) bond motifs is 1. The lowest BCUT2D eigenvalue weighted by Gasteiger charge is -2.26. The molecule has 1 heterocycles. The molecule has 2 aromatic rings. The predicted octanol–water partition coefficient (Wildman–Crippen LogP) is 2.43. The standard InChI is InChI=1S/C19H22N2O3S/c1-15-12-17-10-6-7-11-18(17)21(15)19(22)14-20(25(2,23)24)13-16-8-4-3-5-9-16/h3-11,15H,12-14H2,1-2H3/t15-/m0/s1. The van der Waals surface area contributed by atoms with Crippen LogP contribution in [-0.2, 0) is 27.8 Å². The number of carbonyl (C=O) groups excluding carboxylic acids is 1. The van der Waals surface area contributed by atoms with Crippen molar-refractivity contribution in [2.75, 3.05) is 17.7 Å². The summed E-state index contributed by atoms with van der Waals surface area (Å²) in [5.41, 5.74) is 2.86. The number of rotatable bonds is 5. The van der Waals surface area contributed by atoms with Crippen molar-refractivity contribution in [3.8, 4) is 0 Å². The Bertz CT molecular complexity index is 865. The molecule has 0 aromatic heterocycles. The Morgan fingerprint density at radius 3 is 2.44 bits per heavy atom. The van der Waals surface area contributed by atoms with E-state index in [-0.39, 0.29) is 25.0 Å². The maximum atomic E-state index is 12.9. The minimum atomic E-state index is -3.50. The highest BCUT2D eigenvalue weighted by atomic mass is 32.2. The second-order valence-electron chi connectivity index (χ2n) is 6.46. The van der Waals surface area contributed by atoms with Crippen molar-refractivity contribution in [3.05, 3.63) is 65.7 Å². The van der Waals surface area contributed by atoms with Crippen LogP contribution in [0, 0.1) is 0 Å². The van der Waals surface area contributed by atoms with Crippen LogP contribution in [0.25, 0.3) is 0 Å². The number of benzene rings is 2. The van der Waals surface area contributed by atoms with Gasteiger partial charge in [0.2, 0.25) is 15.9 Å². The molecule has 1 aliphatic rings. The van der Waals surface area contributed by atoms with Crippen molar-refractivity contribution in [2.24, 2.45) is 0 Å². The number of hydrogen-bond acceptors (Lipinski definition) is 3. The van der Waals surface area contributed by atoms with Gasteiger partial charge in [-0.25, -0.2) is 8.42 Å². The third-order valence-corrected chi connectivity index (χ3v) is 5.65. The molecule has 0 spiro atoms. The molecule has 5 nitrogen and oxygen atoms in total. The molecular weight excluding hydrogens is 336 g/mol. The SMILES string of the molecule is C[C@H]1Cc2ccccc2N1C(=O)CN(Cc1ccccc1)S(C)(=O)=O. The zero-order chi connectivity index (χ0) is 18.0. The van der Waals surface area contributed by atoms with Crippen LogP contribution in [0.4, 0.5) is 5.69 Å². The predicted molar refractivity (Wildman–Crippen MR) is 98.8 cm³/mol. The van der Waals surface area contributed by atoms with Crippen molar-refractivity contribution < 1.29 is 13.2 Å². The van der Waals surface area contributed by atoms with Gasteiger partial charge in [-0.1, -0.05) is 48.5 Å². The second kappa shape index (κ2) is 6.98.